The molecule has 4 heteroatoms. The number of phenols is 1. The lowest BCUT2D eigenvalue weighted by Crippen LogP contribution is -2.13. The van der Waals surface area contributed by atoms with Crippen molar-refractivity contribution in [3.8, 4) is 11.5 Å². The van der Waals surface area contributed by atoms with Gasteiger partial charge in [-0.1, -0.05) is 42.5 Å². The monoisotopic (exact) mass is 293 g/mol. The molecular formula is C18H15NO3. The minimum absolute atomic E-state index is 0.114. The van der Waals surface area contributed by atoms with Gasteiger partial charge in [0.05, 0.1) is 7.11 Å². The Labute approximate surface area is 128 Å². The van der Waals surface area contributed by atoms with Crippen LogP contribution in [-0.2, 0) is 0 Å². The van der Waals surface area contributed by atoms with E-state index in [4.69, 9.17) is 4.74 Å². The summed E-state index contributed by atoms with van der Waals surface area (Å²) in [5, 5.41) is 14.8. The number of ether oxygens (including phenoxy) is 1. The van der Waals surface area contributed by atoms with Crippen LogP contribution in [0.15, 0.2) is 60.7 Å². The first-order valence-electron chi connectivity index (χ1n) is 6.86. The molecule has 0 aliphatic rings. The van der Waals surface area contributed by atoms with Crippen molar-refractivity contribution >= 4 is 22.4 Å². The molecule has 0 spiro atoms. The Bertz CT molecular complexity index is 837. The molecule has 4 nitrogen and oxygen atoms in total. The Kier molecular flexibility index (Phi) is 3.66. The second kappa shape index (κ2) is 5.77. The fourth-order valence-corrected chi connectivity index (χ4v) is 2.44. The second-order valence-electron chi connectivity index (χ2n) is 4.84. The number of carbonyl (C=O) groups is 1. The van der Waals surface area contributed by atoms with E-state index in [1.165, 1.54) is 13.2 Å². The summed E-state index contributed by atoms with van der Waals surface area (Å²) < 4.78 is 5.15. The number of benzene rings is 3. The summed E-state index contributed by atoms with van der Waals surface area (Å²) in [7, 11) is 1.46. The molecule has 2 N–H and O–H groups in total. The normalized spacial score (nSPS) is 10.4. The van der Waals surface area contributed by atoms with Gasteiger partial charge < -0.3 is 15.2 Å². The van der Waals surface area contributed by atoms with Crippen LogP contribution in [0.25, 0.3) is 10.8 Å². The van der Waals surface area contributed by atoms with Gasteiger partial charge in [0.25, 0.3) is 5.91 Å². The van der Waals surface area contributed by atoms with Crippen LogP contribution in [0.4, 0.5) is 5.69 Å². The Hall–Kier alpha value is -3.01. The largest absolute Gasteiger partial charge is 0.507 e. The van der Waals surface area contributed by atoms with Crippen molar-refractivity contribution < 1.29 is 14.6 Å². The molecule has 0 bridgehead atoms. The SMILES string of the molecule is COc1cccc(O)c1C(=O)Nc1cccc2ccccc12. The highest BCUT2D eigenvalue weighted by Gasteiger charge is 2.17. The molecular weight excluding hydrogens is 278 g/mol. The minimum Gasteiger partial charge on any atom is -0.507 e. The van der Waals surface area contributed by atoms with E-state index in [1.54, 1.807) is 12.1 Å². The zero-order chi connectivity index (χ0) is 15.5. The van der Waals surface area contributed by atoms with Gasteiger partial charge in [-0.25, -0.2) is 0 Å². The molecule has 0 saturated carbocycles. The molecule has 0 aromatic heterocycles. The number of aromatic hydroxyl groups is 1. The Morgan fingerprint density at radius 2 is 1.73 bits per heavy atom. The van der Waals surface area contributed by atoms with E-state index in [0.717, 1.165) is 10.8 Å². The third kappa shape index (κ3) is 2.46. The number of fused-ring (bicyclic) bond motifs is 1. The summed E-state index contributed by atoms with van der Waals surface area (Å²) in [5.74, 6) is -0.193. The van der Waals surface area contributed by atoms with Gasteiger partial charge in [0.1, 0.15) is 17.1 Å². The van der Waals surface area contributed by atoms with Crippen LogP contribution in [-0.4, -0.2) is 18.1 Å². The highest BCUT2D eigenvalue weighted by Crippen LogP contribution is 2.29. The Morgan fingerprint density at radius 3 is 2.55 bits per heavy atom. The third-order valence-electron chi connectivity index (χ3n) is 3.49. The first-order valence-corrected chi connectivity index (χ1v) is 6.86. The number of carbonyl (C=O) groups excluding carboxylic acids is 1. The van der Waals surface area contributed by atoms with E-state index < -0.39 is 5.91 Å². The summed E-state index contributed by atoms with van der Waals surface area (Å²) in [6, 6.07) is 18.2. The lowest BCUT2D eigenvalue weighted by molar-refractivity contribution is 0.102. The molecule has 0 saturated heterocycles. The first-order chi connectivity index (χ1) is 10.7. The zero-order valence-electron chi connectivity index (χ0n) is 12.0. The van der Waals surface area contributed by atoms with Crippen molar-refractivity contribution in [3.05, 3.63) is 66.2 Å². The molecule has 3 aromatic rings. The van der Waals surface area contributed by atoms with Crippen molar-refractivity contribution in [1.29, 1.82) is 0 Å². The molecule has 0 fully saturated rings. The maximum Gasteiger partial charge on any atom is 0.263 e. The summed E-state index contributed by atoms with van der Waals surface area (Å²) >= 11 is 0. The number of methoxy groups -OCH3 is 1. The molecule has 1 amide bonds. The summed E-state index contributed by atoms with van der Waals surface area (Å²) in [6.07, 6.45) is 0. The predicted octanol–water partition coefficient (Wildman–Crippen LogP) is 3.81. The molecule has 0 aliphatic carbocycles. The molecule has 3 aromatic carbocycles. The Balaban J connectivity index is 2.01. The van der Waals surface area contributed by atoms with E-state index in [1.807, 2.05) is 42.5 Å². The van der Waals surface area contributed by atoms with E-state index in [-0.39, 0.29) is 11.3 Å². The van der Waals surface area contributed by atoms with Crippen molar-refractivity contribution in [1.82, 2.24) is 0 Å². The van der Waals surface area contributed by atoms with Crippen LogP contribution in [0.1, 0.15) is 10.4 Å². The fraction of sp³-hybridized carbons (Fsp3) is 0.0556. The number of anilines is 1. The Morgan fingerprint density at radius 1 is 1.00 bits per heavy atom. The van der Waals surface area contributed by atoms with E-state index in [9.17, 15) is 9.90 Å². The molecule has 3 rings (SSSR count). The van der Waals surface area contributed by atoms with Gasteiger partial charge in [-0.15, -0.1) is 0 Å². The zero-order valence-corrected chi connectivity index (χ0v) is 12.0. The predicted molar refractivity (Wildman–Crippen MR) is 86.6 cm³/mol. The standard InChI is InChI=1S/C18H15NO3/c1-22-16-11-5-10-15(20)17(16)18(21)19-14-9-4-7-12-6-2-3-8-13(12)14/h2-11,20H,1H3,(H,19,21). The molecule has 22 heavy (non-hydrogen) atoms. The number of hydrogen-bond donors (Lipinski definition) is 2. The van der Waals surface area contributed by atoms with Crippen molar-refractivity contribution in [2.45, 2.75) is 0 Å². The van der Waals surface area contributed by atoms with Crippen LogP contribution in [0.3, 0.4) is 0 Å². The van der Waals surface area contributed by atoms with E-state index in [0.29, 0.717) is 11.4 Å². The van der Waals surface area contributed by atoms with Crippen LogP contribution < -0.4 is 10.1 Å². The van der Waals surface area contributed by atoms with Gasteiger partial charge in [0.15, 0.2) is 0 Å². The molecule has 0 unspecified atom stereocenters. The van der Waals surface area contributed by atoms with Crippen molar-refractivity contribution in [3.63, 3.8) is 0 Å². The average Bonchev–Trinajstić information content (AvgIpc) is 2.54. The first kappa shape index (κ1) is 13.9. The van der Waals surface area contributed by atoms with Crippen LogP contribution in [0.2, 0.25) is 0 Å². The summed E-state index contributed by atoms with van der Waals surface area (Å²) in [5.41, 5.74) is 0.811. The summed E-state index contributed by atoms with van der Waals surface area (Å²) in [6.45, 7) is 0. The van der Waals surface area contributed by atoms with E-state index in [2.05, 4.69) is 5.32 Å². The van der Waals surface area contributed by atoms with Gasteiger partial charge >= 0.3 is 0 Å². The second-order valence-corrected chi connectivity index (χ2v) is 4.84. The molecule has 110 valence electrons. The number of nitrogens with one attached hydrogen (secondary N) is 1. The average molecular weight is 293 g/mol. The van der Waals surface area contributed by atoms with Gasteiger partial charge in [0.2, 0.25) is 0 Å². The smallest absolute Gasteiger partial charge is 0.263 e. The maximum atomic E-state index is 12.5. The van der Waals surface area contributed by atoms with Crippen molar-refractivity contribution in [2.24, 2.45) is 0 Å². The molecule has 0 atom stereocenters. The summed E-state index contributed by atoms with van der Waals surface area (Å²) in [4.78, 5) is 12.5. The van der Waals surface area contributed by atoms with Gasteiger partial charge in [-0.05, 0) is 23.6 Å². The number of rotatable bonds is 3. The van der Waals surface area contributed by atoms with Crippen LogP contribution in [0, 0.1) is 0 Å². The number of hydrogen-bond acceptors (Lipinski definition) is 3. The maximum absolute atomic E-state index is 12.5. The quantitative estimate of drug-likeness (QED) is 0.772. The molecule has 0 heterocycles. The van der Waals surface area contributed by atoms with Crippen molar-refractivity contribution in [2.75, 3.05) is 12.4 Å². The van der Waals surface area contributed by atoms with Gasteiger partial charge in [-0.2, -0.15) is 0 Å². The number of amides is 1. The van der Waals surface area contributed by atoms with Gasteiger partial charge in [-0.3, -0.25) is 4.79 Å². The third-order valence-corrected chi connectivity index (χ3v) is 3.49. The lowest BCUT2D eigenvalue weighted by atomic mass is 10.1. The number of phenolic OH excluding ortho intramolecular Hbond substituents is 1. The van der Waals surface area contributed by atoms with Crippen LogP contribution >= 0.6 is 0 Å². The topological polar surface area (TPSA) is 58.6 Å². The minimum atomic E-state index is -0.411. The fourth-order valence-electron chi connectivity index (χ4n) is 2.44. The highest BCUT2D eigenvalue weighted by atomic mass is 16.5. The molecule has 0 aliphatic heterocycles. The highest BCUT2D eigenvalue weighted by molar-refractivity contribution is 6.11. The van der Waals surface area contributed by atoms with Gasteiger partial charge in [0, 0.05) is 11.1 Å². The van der Waals surface area contributed by atoms with E-state index >= 15 is 0 Å². The lowest BCUT2D eigenvalue weighted by Gasteiger charge is -2.12. The molecule has 0 radical (unpaired) electrons. The van der Waals surface area contributed by atoms with Crippen LogP contribution in [0.5, 0.6) is 11.5 Å².